The first-order chi connectivity index (χ1) is 9.95. The Bertz CT molecular complexity index is 622. The van der Waals surface area contributed by atoms with Crippen molar-refractivity contribution in [2.45, 2.75) is 27.7 Å². The summed E-state index contributed by atoms with van der Waals surface area (Å²) in [5.41, 5.74) is 5.13. The van der Waals surface area contributed by atoms with Crippen LogP contribution in [0, 0.1) is 27.7 Å². The SMILES string of the molecule is Cc1cc(C)cc(NC(=O)COc2c(C)cccc2C)c1. The highest BCUT2D eigenvalue weighted by atomic mass is 16.5. The van der Waals surface area contributed by atoms with Gasteiger partial charge in [0, 0.05) is 5.69 Å². The molecule has 2 aromatic carbocycles. The van der Waals surface area contributed by atoms with Gasteiger partial charge in [-0.05, 0) is 62.1 Å². The molecule has 0 saturated carbocycles. The molecule has 2 aromatic rings. The average Bonchev–Trinajstić information content (AvgIpc) is 2.36. The van der Waals surface area contributed by atoms with Crippen molar-refractivity contribution in [3.05, 3.63) is 58.7 Å². The summed E-state index contributed by atoms with van der Waals surface area (Å²) in [6.45, 7) is 7.98. The van der Waals surface area contributed by atoms with E-state index < -0.39 is 0 Å². The number of ether oxygens (including phenoxy) is 1. The first-order valence-corrected chi connectivity index (χ1v) is 7.03. The van der Waals surface area contributed by atoms with Gasteiger partial charge in [0.1, 0.15) is 5.75 Å². The third-order valence-electron chi connectivity index (χ3n) is 3.26. The minimum Gasteiger partial charge on any atom is -0.483 e. The third kappa shape index (κ3) is 4.09. The summed E-state index contributed by atoms with van der Waals surface area (Å²) >= 11 is 0. The van der Waals surface area contributed by atoms with Gasteiger partial charge in [0.15, 0.2) is 6.61 Å². The van der Waals surface area contributed by atoms with Crippen LogP contribution in [0.1, 0.15) is 22.3 Å². The number of anilines is 1. The fourth-order valence-corrected chi connectivity index (χ4v) is 2.41. The smallest absolute Gasteiger partial charge is 0.262 e. The molecule has 21 heavy (non-hydrogen) atoms. The van der Waals surface area contributed by atoms with Gasteiger partial charge < -0.3 is 10.1 Å². The molecule has 0 aliphatic carbocycles. The minimum atomic E-state index is -0.150. The van der Waals surface area contributed by atoms with E-state index in [1.54, 1.807) is 0 Å². The maximum absolute atomic E-state index is 12.0. The van der Waals surface area contributed by atoms with E-state index in [2.05, 4.69) is 11.4 Å². The Hall–Kier alpha value is -2.29. The summed E-state index contributed by atoms with van der Waals surface area (Å²) < 4.78 is 5.65. The number of benzene rings is 2. The van der Waals surface area contributed by atoms with E-state index >= 15 is 0 Å². The summed E-state index contributed by atoms with van der Waals surface area (Å²) in [5, 5.41) is 2.87. The normalized spacial score (nSPS) is 10.3. The molecule has 3 heteroatoms. The maximum atomic E-state index is 12.0. The van der Waals surface area contributed by atoms with Crippen LogP contribution in [0.15, 0.2) is 36.4 Å². The van der Waals surface area contributed by atoms with E-state index in [1.807, 2.05) is 58.0 Å². The molecule has 0 fully saturated rings. The van der Waals surface area contributed by atoms with Crippen LogP contribution >= 0.6 is 0 Å². The van der Waals surface area contributed by atoms with Gasteiger partial charge in [-0.2, -0.15) is 0 Å². The Morgan fingerprint density at radius 1 is 1.00 bits per heavy atom. The van der Waals surface area contributed by atoms with Gasteiger partial charge in [0.25, 0.3) is 5.91 Å². The van der Waals surface area contributed by atoms with Gasteiger partial charge in [-0.25, -0.2) is 0 Å². The molecule has 0 aromatic heterocycles. The van der Waals surface area contributed by atoms with Gasteiger partial charge in [0.05, 0.1) is 0 Å². The van der Waals surface area contributed by atoms with Crippen LogP contribution in [0.4, 0.5) is 5.69 Å². The van der Waals surface area contributed by atoms with Crippen LogP contribution in [0.5, 0.6) is 5.75 Å². The zero-order chi connectivity index (χ0) is 15.4. The monoisotopic (exact) mass is 283 g/mol. The molecule has 0 unspecified atom stereocenters. The van der Waals surface area contributed by atoms with Crippen LogP contribution in [0.3, 0.4) is 0 Å². The number of carbonyl (C=O) groups excluding carboxylic acids is 1. The van der Waals surface area contributed by atoms with Crippen molar-refractivity contribution in [2.24, 2.45) is 0 Å². The fourth-order valence-electron chi connectivity index (χ4n) is 2.41. The summed E-state index contributed by atoms with van der Waals surface area (Å²) in [6, 6.07) is 11.9. The molecule has 0 aliphatic rings. The molecule has 0 bridgehead atoms. The highest BCUT2D eigenvalue weighted by molar-refractivity contribution is 5.92. The Kier molecular flexibility index (Phi) is 4.63. The minimum absolute atomic E-state index is 0.0126. The Morgan fingerprint density at radius 3 is 2.14 bits per heavy atom. The quantitative estimate of drug-likeness (QED) is 0.923. The fraction of sp³-hybridized carbons (Fsp3) is 0.278. The van der Waals surface area contributed by atoms with Gasteiger partial charge >= 0.3 is 0 Å². The van der Waals surface area contributed by atoms with Gasteiger partial charge in [0.2, 0.25) is 0 Å². The largest absolute Gasteiger partial charge is 0.483 e. The predicted octanol–water partition coefficient (Wildman–Crippen LogP) is 3.94. The molecule has 1 N–H and O–H groups in total. The lowest BCUT2D eigenvalue weighted by Crippen LogP contribution is -2.20. The molecule has 3 nitrogen and oxygen atoms in total. The maximum Gasteiger partial charge on any atom is 0.262 e. The number of aryl methyl sites for hydroxylation is 4. The van der Waals surface area contributed by atoms with Crippen LogP contribution in [-0.4, -0.2) is 12.5 Å². The van der Waals surface area contributed by atoms with Crippen LogP contribution in [0.25, 0.3) is 0 Å². The summed E-state index contributed by atoms with van der Waals surface area (Å²) in [6.07, 6.45) is 0. The lowest BCUT2D eigenvalue weighted by molar-refractivity contribution is -0.118. The van der Waals surface area contributed by atoms with Crippen LogP contribution in [0.2, 0.25) is 0 Å². The van der Waals surface area contributed by atoms with E-state index in [9.17, 15) is 4.79 Å². The van der Waals surface area contributed by atoms with E-state index in [0.717, 1.165) is 33.7 Å². The van der Waals surface area contributed by atoms with Crippen molar-refractivity contribution < 1.29 is 9.53 Å². The molecule has 0 atom stereocenters. The number of rotatable bonds is 4. The first-order valence-electron chi connectivity index (χ1n) is 7.03. The number of hydrogen-bond donors (Lipinski definition) is 1. The van der Waals surface area contributed by atoms with Crippen molar-refractivity contribution in [3.8, 4) is 5.75 Å². The number of carbonyl (C=O) groups is 1. The second kappa shape index (κ2) is 6.44. The second-order valence-electron chi connectivity index (χ2n) is 5.43. The number of hydrogen-bond acceptors (Lipinski definition) is 2. The highest BCUT2D eigenvalue weighted by Gasteiger charge is 2.08. The van der Waals surface area contributed by atoms with Gasteiger partial charge in [-0.1, -0.05) is 24.3 Å². The molecule has 2 rings (SSSR count). The average molecular weight is 283 g/mol. The van der Waals surface area contributed by atoms with Gasteiger partial charge in [-0.15, -0.1) is 0 Å². The summed E-state index contributed by atoms with van der Waals surface area (Å²) in [7, 11) is 0. The zero-order valence-electron chi connectivity index (χ0n) is 13.0. The molecule has 0 aliphatic heterocycles. The number of para-hydroxylation sites is 1. The van der Waals surface area contributed by atoms with Crippen molar-refractivity contribution in [1.29, 1.82) is 0 Å². The van der Waals surface area contributed by atoms with E-state index in [4.69, 9.17) is 4.74 Å². The lowest BCUT2D eigenvalue weighted by atomic mass is 10.1. The first kappa shape index (κ1) is 15.1. The Labute approximate surface area is 126 Å². The summed E-state index contributed by atoms with van der Waals surface area (Å²) in [4.78, 5) is 12.0. The van der Waals surface area contributed by atoms with Crippen molar-refractivity contribution >= 4 is 11.6 Å². The second-order valence-corrected chi connectivity index (χ2v) is 5.43. The molecular weight excluding hydrogens is 262 g/mol. The number of amides is 1. The predicted molar refractivity (Wildman–Crippen MR) is 86.0 cm³/mol. The van der Waals surface area contributed by atoms with Crippen LogP contribution in [-0.2, 0) is 4.79 Å². The van der Waals surface area contributed by atoms with E-state index in [0.29, 0.717) is 0 Å². The van der Waals surface area contributed by atoms with Crippen molar-refractivity contribution in [2.75, 3.05) is 11.9 Å². The van der Waals surface area contributed by atoms with E-state index in [1.165, 1.54) is 0 Å². The summed E-state index contributed by atoms with van der Waals surface area (Å²) in [5.74, 6) is 0.635. The van der Waals surface area contributed by atoms with Crippen molar-refractivity contribution in [1.82, 2.24) is 0 Å². The molecule has 0 spiro atoms. The molecule has 1 amide bonds. The molecule has 0 heterocycles. The molecular formula is C18H21NO2. The lowest BCUT2D eigenvalue weighted by Gasteiger charge is -2.12. The highest BCUT2D eigenvalue weighted by Crippen LogP contribution is 2.22. The Morgan fingerprint density at radius 2 is 1.57 bits per heavy atom. The van der Waals surface area contributed by atoms with Crippen molar-refractivity contribution in [3.63, 3.8) is 0 Å². The molecule has 0 saturated heterocycles. The Balaban J connectivity index is 1.99. The van der Waals surface area contributed by atoms with E-state index in [-0.39, 0.29) is 12.5 Å². The van der Waals surface area contributed by atoms with Crippen LogP contribution < -0.4 is 10.1 Å². The topological polar surface area (TPSA) is 38.3 Å². The molecule has 0 radical (unpaired) electrons. The number of nitrogens with one attached hydrogen (secondary N) is 1. The standard InChI is InChI=1S/C18H21NO2/c1-12-8-13(2)10-16(9-12)19-17(20)11-21-18-14(3)6-5-7-15(18)4/h5-10H,11H2,1-4H3,(H,19,20). The zero-order valence-corrected chi connectivity index (χ0v) is 13.0. The third-order valence-corrected chi connectivity index (χ3v) is 3.26. The molecule has 110 valence electrons. The van der Waals surface area contributed by atoms with Gasteiger partial charge in [-0.3, -0.25) is 4.79 Å².